The van der Waals surface area contributed by atoms with E-state index in [0.717, 1.165) is 33.4 Å². The van der Waals surface area contributed by atoms with Crippen molar-refractivity contribution in [2.24, 2.45) is 32.6 Å². The third kappa shape index (κ3) is 7.97. The number of nitro benzene ring substituents is 1. The van der Waals surface area contributed by atoms with Gasteiger partial charge in [0.25, 0.3) is 5.69 Å². The van der Waals surface area contributed by atoms with Crippen LogP contribution in [0.1, 0.15) is 44.9 Å². The maximum atomic E-state index is 11.3. The molecule has 6 rings (SSSR count). The molecule has 0 saturated heterocycles. The van der Waals surface area contributed by atoms with E-state index >= 15 is 0 Å². The number of aryl methyl sites for hydroxylation is 7. The standard InChI is InChI=1S/C14H17N3O4.C14H18N2O2.C11H13N/c1-7-4-11-13(12(5-7)17(20)21)9(8(2)16(11)3)6-10(15)14(18)19;1-8-4-5-10-11(7-12(15)14(17)18)9(2)16(3)13(10)6-8;1-8-4-5-10-7-9(2)12(3)11(10)6-8/h4-5,10H,6,15H2,1-3H3,(H,18,19);4-6,12H,7,15H2,1-3H3,(H,17,18);4-7H,1-3H3. The zero-order valence-corrected chi connectivity index (χ0v) is 30.7. The van der Waals surface area contributed by atoms with Gasteiger partial charge in [-0.25, -0.2) is 0 Å². The smallest absolute Gasteiger partial charge is 0.320 e. The second-order valence-electron chi connectivity index (χ2n) is 13.4. The molecule has 0 amide bonds. The molecule has 0 aliphatic heterocycles. The summed E-state index contributed by atoms with van der Waals surface area (Å²) in [6.45, 7) is 11.9. The lowest BCUT2D eigenvalue weighted by Crippen LogP contribution is -2.32. The molecule has 0 radical (unpaired) electrons. The van der Waals surface area contributed by atoms with Crippen LogP contribution in [0.3, 0.4) is 0 Å². The minimum atomic E-state index is -1.12. The normalized spacial score (nSPS) is 12.3. The van der Waals surface area contributed by atoms with E-state index in [2.05, 4.69) is 60.4 Å². The fourth-order valence-corrected chi connectivity index (χ4v) is 6.48. The second kappa shape index (κ2) is 15.2. The van der Waals surface area contributed by atoms with Crippen molar-refractivity contribution in [2.45, 2.75) is 66.5 Å². The number of nitro groups is 1. The van der Waals surface area contributed by atoms with Crippen LogP contribution in [0.5, 0.6) is 0 Å². The molecule has 2 atom stereocenters. The molecule has 2 unspecified atom stereocenters. The quantitative estimate of drug-likeness (QED) is 0.112. The molecule has 0 fully saturated rings. The first-order valence-electron chi connectivity index (χ1n) is 16.6. The first-order valence-corrected chi connectivity index (χ1v) is 16.6. The van der Waals surface area contributed by atoms with Crippen LogP contribution in [0, 0.1) is 51.7 Å². The fraction of sp³-hybridized carbons (Fsp3) is 0.333. The summed E-state index contributed by atoms with van der Waals surface area (Å²) in [6.07, 6.45) is 0.421. The first kappa shape index (κ1) is 38.3. The number of benzene rings is 3. The van der Waals surface area contributed by atoms with Crippen LogP contribution >= 0.6 is 0 Å². The third-order valence-corrected chi connectivity index (χ3v) is 9.74. The summed E-state index contributed by atoms with van der Waals surface area (Å²) in [7, 11) is 5.90. The highest BCUT2D eigenvalue weighted by Gasteiger charge is 2.25. The van der Waals surface area contributed by atoms with Crippen LogP contribution in [0.25, 0.3) is 32.7 Å². The summed E-state index contributed by atoms with van der Waals surface area (Å²) >= 11 is 0. The number of non-ortho nitro benzene ring substituents is 1. The van der Waals surface area contributed by atoms with Crippen LogP contribution in [0.2, 0.25) is 0 Å². The average Bonchev–Trinajstić information content (AvgIpc) is 3.58. The van der Waals surface area contributed by atoms with Crippen molar-refractivity contribution in [1.82, 2.24) is 13.7 Å². The lowest BCUT2D eigenvalue weighted by molar-refractivity contribution is -0.383. The minimum absolute atomic E-state index is 0.0127. The van der Waals surface area contributed by atoms with E-state index in [1.165, 1.54) is 33.8 Å². The predicted octanol–water partition coefficient (Wildman–Crippen LogP) is 6.20. The van der Waals surface area contributed by atoms with E-state index in [1.54, 1.807) is 14.0 Å². The van der Waals surface area contributed by atoms with Gasteiger partial charge in [-0.15, -0.1) is 0 Å². The molecule has 12 nitrogen and oxygen atoms in total. The van der Waals surface area contributed by atoms with Crippen LogP contribution in [-0.4, -0.2) is 52.9 Å². The van der Waals surface area contributed by atoms with Crippen LogP contribution in [0.4, 0.5) is 5.69 Å². The monoisotopic (exact) mass is 696 g/mol. The Morgan fingerprint density at radius 3 is 1.75 bits per heavy atom. The second-order valence-corrected chi connectivity index (χ2v) is 13.4. The van der Waals surface area contributed by atoms with Crippen LogP contribution in [0.15, 0.2) is 54.6 Å². The Balaban J connectivity index is 0.000000177. The number of rotatable bonds is 7. The Morgan fingerprint density at radius 2 is 1.18 bits per heavy atom. The van der Waals surface area contributed by atoms with E-state index in [-0.39, 0.29) is 12.1 Å². The molecular formula is C39H48N6O6. The van der Waals surface area contributed by atoms with Crippen molar-refractivity contribution in [3.63, 3.8) is 0 Å². The number of carbonyl (C=O) groups is 2. The molecule has 3 heterocycles. The van der Waals surface area contributed by atoms with E-state index in [4.69, 9.17) is 21.7 Å². The lowest BCUT2D eigenvalue weighted by Gasteiger charge is -2.07. The summed E-state index contributed by atoms with van der Waals surface area (Å²) in [6, 6.07) is 16.4. The van der Waals surface area contributed by atoms with Crippen molar-refractivity contribution < 1.29 is 24.7 Å². The lowest BCUT2D eigenvalue weighted by atomic mass is 10.0. The number of aliphatic carboxylic acids is 2. The molecule has 0 spiro atoms. The maximum Gasteiger partial charge on any atom is 0.320 e. The molecule has 3 aromatic heterocycles. The van der Waals surface area contributed by atoms with Gasteiger partial charge >= 0.3 is 11.9 Å². The molecule has 51 heavy (non-hydrogen) atoms. The molecular weight excluding hydrogens is 648 g/mol. The van der Waals surface area contributed by atoms with Gasteiger partial charge in [-0.3, -0.25) is 19.7 Å². The van der Waals surface area contributed by atoms with Crippen molar-refractivity contribution >= 4 is 50.3 Å². The Kier molecular flexibility index (Phi) is 11.4. The highest BCUT2D eigenvalue weighted by molar-refractivity contribution is 5.95. The van der Waals surface area contributed by atoms with Crippen molar-refractivity contribution in [3.05, 3.63) is 110 Å². The molecule has 0 bridgehead atoms. The molecule has 6 aromatic rings. The highest BCUT2D eigenvalue weighted by Crippen LogP contribution is 2.35. The van der Waals surface area contributed by atoms with Gasteiger partial charge in [-0.2, -0.15) is 0 Å². The Morgan fingerprint density at radius 1 is 0.686 bits per heavy atom. The van der Waals surface area contributed by atoms with Gasteiger partial charge in [0.05, 0.1) is 15.8 Å². The Labute approximate surface area is 297 Å². The van der Waals surface area contributed by atoms with Crippen molar-refractivity contribution in [2.75, 3.05) is 0 Å². The first-order chi connectivity index (χ1) is 23.8. The van der Waals surface area contributed by atoms with Gasteiger partial charge in [-0.05, 0) is 99.0 Å². The van der Waals surface area contributed by atoms with E-state index in [1.807, 2.05) is 50.6 Å². The maximum absolute atomic E-state index is 11.3. The van der Waals surface area contributed by atoms with Gasteiger partial charge in [0.2, 0.25) is 0 Å². The largest absolute Gasteiger partial charge is 0.480 e. The number of nitrogens with two attached hydrogens (primary N) is 2. The number of nitrogens with zero attached hydrogens (tertiary/aromatic N) is 4. The molecule has 270 valence electrons. The summed E-state index contributed by atoms with van der Waals surface area (Å²) in [4.78, 5) is 32.7. The summed E-state index contributed by atoms with van der Waals surface area (Å²) in [5.74, 6) is -2.08. The molecule has 3 aromatic carbocycles. The zero-order valence-electron chi connectivity index (χ0n) is 30.7. The van der Waals surface area contributed by atoms with Gasteiger partial charge in [0.15, 0.2) is 0 Å². The number of carboxylic acids is 2. The predicted molar refractivity (Wildman–Crippen MR) is 202 cm³/mol. The van der Waals surface area contributed by atoms with Crippen molar-refractivity contribution in [3.8, 4) is 0 Å². The number of carboxylic acid groups (broad SMARTS) is 2. The van der Waals surface area contributed by atoms with E-state index in [0.29, 0.717) is 22.9 Å². The molecule has 12 heteroatoms. The summed E-state index contributed by atoms with van der Waals surface area (Å²) in [5.41, 5.74) is 22.5. The fourth-order valence-electron chi connectivity index (χ4n) is 6.48. The number of hydrogen-bond acceptors (Lipinski definition) is 6. The molecule has 0 aliphatic carbocycles. The van der Waals surface area contributed by atoms with Gasteiger partial charge in [-0.1, -0.05) is 24.3 Å². The van der Waals surface area contributed by atoms with Gasteiger partial charge in [0, 0.05) is 73.6 Å². The summed E-state index contributed by atoms with van der Waals surface area (Å²) in [5, 5.41) is 32.1. The molecule has 6 N–H and O–H groups in total. The number of hydrogen-bond donors (Lipinski definition) is 4. The average molecular weight is 697 g/mol. The zero-order chi connectivity index (χ0) is 38.1. The molecule has 0 aliphatic rings. The topological polar surface area (TPSA) is 185 Å². The SMILES string of the molecule is Cc1cc([N+](=O)[O-])c2c(CC(N)C(=O)O)c(C)n(C)c2c1.Cc1ccc2c(CC(N)C(=O)O)c(C)n(C)c2c1.Cc1ccc2cc(C)n(C)c2c1. The van der Waals surface area contributed by atoms with E-state index < -0.39 is 28.9 Å². The number of fused-ring (bicyclic) bond motifs is 3. The van der Waals surface area contributed by atoms with Gasteiger partial charge in [0.1, 0.15) is 12.1 Å². The number of aromatic nitrogens is 3. The Hall–Kier alpha value is -5.46. The van der Waals surface area contributed by atoms with Crippen molar-refractivity contribution in [1.29, 1.82) is 0 Å². The Bertz CT molecular complexity index is 2290. The van der Waals surface area contributed by atoms with Crippen LogP contribution < -0.4 is 11.5 Å². The minimum Gasteiger partial charge on any atom is -0.480 e. The molecule has 0 saturated carbocycles. The third-order valence-electron chi connectivity index (χ3n) is 9.74. The van der Waals surface area contributed by atoms with E-state index in [9.17, 15) is 19.7 Å². The highest BCUT2D eigenvalue weighted by atomic mass is 16.6. The summed E-state index contributed by atoms with van der Waals surface area (Å²) < 4.78 is 6.15. The van der Waals surface area contributed by atoms with Crippen LogP contribution in [-0.2, 0) is 43.6 Å². The van der Waals surface area contributed by atoms with Gasteiger partial charge < -0.3 is 35.4 Å².